The zero-order valence-corrected chi connectivity index (χ0v) is 13.8. The zero-order chi connectivity index (χ0) is 15.4. The normalized spacial score (nSPS) is 24.2. The molecular weight excluding hydrogens is 276 g/mol. The third-order valence-electron chi connectivity index (χ3n) is 4.86. The molecule has 0 amide bonds. The second-order valence-corrected chi connectivity index (χ2v) is 6.50. The molecular formula is C18H28N2O2. The van der Waals surface area contributed by atoms with Gasteiger partial charge in [-0.25, -0.2) is 0 Å². The highest BCUT2D eigenvalue weighted by Crippen LogP contribution is 2.38. The third kappa shape index (κ3) is 3.55. The van der Waals surface area contributed by atoms with Gasteiger partial charge in [-0.2, -0.15) is 0 Å². The van der Waals surface area contributed by atoms with Gasteiger partial charge in [-0.3, -0.25) is 0 Å². The highest BCUT2D eigenvalue weighted by atomic mass is 16.5. The Labute approximate surface area is 133 Å². The Morgan fingerprint density at radius 3 is 2.64 bits per heavy atom. The molecule has 2 aliphatic heterocycles. The van der Waals surface area contributed by atoms with Gasteiger partial charge in [0.05, 0.1) is 7.11 Å². The molecule has 1 aromatic carbocycles. The molecule has 2 fully saturated rings. The molecule has 1 aromatic rings. The Bertz CT molecular complexity index is 478. The van der Waals surface area contributed by atoms with E-state index >= 15 is 0 Å². The van der Waals surface area contributed by atoms with Crippen LogP contribution in [-0.4, -0.2) is 44.8 Å². The van der Waals surface area contributed by atoms with E-state index in [4.69, 9.17) is 9.47 Å². The summed E-state index contributed by atoms with van der Waals surface area (Å²) in [4.78, 5) is 2.36. The van der Waals surface area contributed by atoms with Crippen molar-refractivity contribution in [3.8, 4) is 11.5 Å². The van der Waals surface area contributed by atoms with Crippen molar-refractivity contribution in [1.29, 1.82) is 0 Å². The lowest BCUT2D eigenvalue weighted by atomic mass is 9.96. The van der Waals surface area contributed by atoms with Crippen LogP contribution in [0.2, 0.25) is 0 Å². The van der Waals surface area contributed by atoms with Crippen LogP contribution in [0.5, 0.6) is 11.5 Å². The summed E-state index contributed by atoms with van der Waals surface area (Å²) in [6, 6.07) is 6.70. The van der Waals surface area contributed by atoms with Gasteiger partial charge >= 0.3 is 0 Å². The van der Waals surface area contributed by atoms with Gasteiger partial charge in [0, 0.05) is 24.7 Å². The van der Waals surface area contributed by atoms with Crippen molar-refractivity contribution in [3.63, 3.8) is 0 Å². The summed E-state index contributed by atoms with van der Waals surface area (Å²) in [5.41, 5.74) is 1.24. The van der Waals surface area contributed by atoms with Gasteiger partial charge in [0.15, 0.2) is 11.5 Å². The van der Waals surface area contributed by atoms with E-state index < -0.39 is 0 Å². The summed E-state index contributed by atoms with van der Waals surface area (Å²) in [5, 5.41) is 3.60. The van der Waals surface area contributed by atoms with E-state index in [0.29, 0.717) is 12.1 Å². The van der Waals surface area contributed by atoms with E-state index in [-0.39, 0.29) is 0 Å². The summed E-state index contributed by atoms with van der Waals surface area (Å²) < 4.78 is 12.0. The van der Waals surface area contributed by atoms with Crippen LogP contribution in [0.15, 0.2) is 18.2 Å². The molecule has 0 aromatic heterocycles. The van der Waals surface area contributed by atoms with Crippen LogP contribution in [0, 0.1) is 0 Å². The van der Waals surface area contributed by atoms with Crippen LogP contribution in [0.3, 0.4) is 0 Å². The number of nitrogens with one attached hydrogen (secondary N) is 1. The molecule has 1 unspecified atom stereocenters. The van der Waals surface area contributed by atoms with Gasteiger partial charge in [-0.1, -0.05) is 18.6 Å². The number of benzene rings is 1. The first-order valence-electron chi connectivity index (χ1n) is 8.53. The van der Waals surface area contributed by atoms with Crippen molar-refractivity contribution in [1.82, 2.24) is 10.2 Å². The lowest BCUT2D eigenvalue weighted by molar-refractivity contribution is 0.111. The first-order valence-corrected chi connectivity index (χ1v) is 8.53. The minimum absolute atomic E-state index is 0.305. The molecule has 0 aliphatic carbocycles. The molecule has 0 spiro atoms. The van der Waals surface area contributed by atoms with Crippen LogP contribution < -0.4 is 14.8 Å². The summed E-state index contributed by atoms with van der Waals surface area (Å²) in [6.45, 7) is 3.31. The number of rotatable bonds is 4. The van der Waals surface area contributed by atoms with Gasteiger partial charge in [-0.05, 0) is 45.3 Å². The Balaban J connectivity index is 1.75. The molecule has 3 rings (SSSR count). The van der Waals surface area contributed by atoms with Crippen LogP contribution in [0.4, 0.5) is 0 Å². The van der Waals surface area contributed by atoms with E-state index in [1.807, 2.05) is 6.07 Å². The largest absolute Gasteiger partial charge is 0.493 e. The average molecular weight is 304 g/mol. The molecule has 0 saturated carbocycles. The molecule has 1 atom stereocenters. The number of methoxy groups -OCH3 is 1. The molecule has 2 aliphatic rings. The molecule has 4 heteroatoms. The molecule has 2 saturated heterocycles. The topological polar surface area (TPSA) is 33.7 Å². The molecule has 0 bridgehead atoms. The number of hydrogen-bond donors (Lipinski definition) is 1. The summed E-state index contributed by atoms with van der Waals surface area (Å²) in [5.74, 6) is 1.82. The minimum atomic E-state index is 0.305. The first-order chi connectivity index (χ1) is 10.8. The summed E-state index contributed by atoms with van der Waals surface area (Å²) in [7, 11) is 3.93. The zero-order valence-electron chi connectivity index (χ0n) is 13.8. The third-order valence-corrected chi connectivity index (χ3v) is 4.86. The average Bonchev–Trinajstić information content (AvgIpc) is 2.57. The standard InChI is InChI=1S/C18H28N2O2/c1-20-12-9-14(10-13-20)22-17-8-5-6-15(18(17)21-2)16-7-3-4-11-19-16/h5-6,8,14,16,19H,3-4,7,9-13H2,1-2H3. The van der Waals surface area contributed by atoms with Crippen molar-refractivity contribution in [2.24, 2.45) is 0 Å². The van der Waals surface area contributed by atoms with Gasteiger partial charge in [0.1, 0.15) is 6.10 Å². The molecule has 2 heterocycles. The maximum Gasteiger partial charge on any atom is 0.165 e. The van der Waals surface area contributed by atoms with E-state index in [1.54, 1.807) is 7.11 Å². The maximum absolute atomic E-state index is 6.28. The second kappa shape index (κ2) is 7.34. The molecule has 122 valence electrons. The van der Waals surface area contributed by atoms with Crippen LogP contribution in [-0.2, 0) is 0 Å². The number of piperidine rings is 2. The Morgan fingerprint density at radius 2 is 1.95 bits per heavy atom. The fourth-order valence-electron chi connectivity index (χ4n) is 3.52. The molecule has 1 N–H and O–H groups in total. The number of hydrogen-bond acceptors (Lipinski definition) is 4. The number of ether oxygens (including phenoxy) is 2. The molecule has 22 heavy (non-hydrogen) atoms. The monoisotopic (exact) mass is 304 g/mol. The summed E-state index contributed by atoms with van der Waals surface area (Å²) >= 11 is 0. The number of para-hydroxylation sites is 1. The number of likely N-dealkylation sites (tertiary alicyclic amines) is 1. The Kier molecular flexibility index (Phi) is 5.21. The van der Waals surface area contributed by atoms with Gasteiger partial charge in [-0.15, -0.1) is 0 Å². The van der Waals surface area contributed by atoms with E-state index in [1.165, 1.54) is 24.8 Å². The number of nitrogens with zero attached hydrogens (tertiary/aromatic N) is 1. The second-order valence-electron chi connectivity index (χ2n) is 6.50. The smallest absolute Gasteiger partial charge is 0.165 e. The SMILES string of the molecule is COc1c(OC2CCN(C)CC2)cccc1C1CCCCN1. The highest BCUT2D eigenvalue weighted by Gasteiger charge is 2.23. The van der Waals surface area contributed by atoms with Crippen LogP contribution in [0.1, 0.15) is 43.7 Å². The predicted molar refractivity (Wildman–Crippen MR) is 88.7 cm³/mol. The van der Waals surface area contributed by atoms with E-state index in [2.05, 4.69) is 29.4 Å². The fraction of sp³-hybridized carbons (Fsp3) is 0.667. The van der Waals surface area contributed by atoms with Gasteiger partial charge in [0.25, 0.3) is 0 Å². The van der Waals surface area contributed by atoms with Crippen molar-refractivity contribution in [3.05, 3.63) is 23.8 Å². The quantitative estimate of drug-likeness (QED) is 0.927. The van der Waals surface area contributed by atoms with Crippen molar-refractivity contribution in [2.45, 2.75) is 44.2 Å². The van der Waals surface area contributed by atoms with Crippen molar-refractivity contribution >= 4 is 0 Å². The van der Waals surface area contributed by atoms with Gasteiger partial charge < -0.3 is 19.7 Å². The van der Waals surface area contributed by atoms with Gasteiger partial charge in [0.2, 0.25) is 0 Å². The minimum Gasteiger partial charge on any atom is -0.493 e. The maximum atomic E-state index is 6.28. The highest BCUT2D eigenvalue weighted by molar-refractivity contribution is 5.48. The molecule has 0 radical (unpaired) electrons. The Hall–Kier alpha value is -1.26. The van der Waals surface area contributed by atoms with Crippen LogP contribution >= 0.6 is 0 Å². The van der Waals surface area contributed by atoms with Crippen LogP contribution in [0.25, 0.3) is 0 Å². The first kappa shape index (κ1) is 15.6. The fourth-order valence-corrected chi connectivity index (χ4v) is 3.52. The lowest BCUT2D eigenvalue weighted by Crippen LogP contribution is -2.35. The van der Waals surface area contributed by atoms with E-state index in [9.17, 15) is 0 Å². The van der Waals surface area contributed by atoms with E-state index in [0.717, 1.165) is 44.0 Å². The summed E-state index contributed by atoms with van der Waals surface area (Å²) in [6.07, 6.45) is 6.20. The van der Waals surface area contributed by atoms with Crippen molar-refractivity contribution < 1.29 is 9.47 Å². The van der Waals surface area contributed by atoms with Crippen molar-refractivity contribution in [2.75, 3.05) is 33.8 Å². The lowest BCUT2D eigenvalue weighted by Gasteiger charge is -2.31. The predicted octanol–water partition coefficient (Wildman–Crippen LogP) is 2.98. The Morgan fingerprint density at radius 1 is 1.14 bits per heavy atom. The molecule has 4 nitrogen and oxygen atoms in total.